The molecule has 1 saturated carbocycles. The summed E-state index contributed by atoms with van der Waals surface area (Å²) in [6, 6.07) is 0. The van der Waals surface area contributed by atoms with Crippen LogP contribution in [-0.2, 0) is 0 Å². The van der Waals surface area contributed by atoms with E-state index in [4.69, 9.17) is 0 Å². The highest BCUT2D eigenvalue weighted by molar-refractivity contribution is 8.18. The molecule has 2 atom stereocenters. The van der Waals surface area contributed by atoms with Crippen molar-refractivity contribution in [1.82, 2.24) is 0 Å². The van der Waals surface area contributed by atoms with E-state index in [1.807, 2.05) is 18.7 Å². The molecule has 0 bridgehead atoms. The molecule has 1 nitrogen and oxygen atoms in total. The van der Waals surface area contributed by atoms with E-state index in [1.54, 1.807) is 11.8 Å². The fourth-order valence-corrected chi connectivity index (χ4v) is 5.94. The lowest BCUT2D eigenvalue weighted by Gasteiger charge is -2.20. The molecule has 3 heteroatoms. The molecule has 1 aliphatic rings. The van der Waals surface area contributed by atoms with Crippen molar-refractivity contribution < 1.29 is 5.11 Å². The summed E-state index contributed by atoms with van der Waals surface area (Å²) >= 11 is 3.69. The highest BCUT2D eigenvalue weighted by Crippen LogP contribution is 2.76. The second-order valence-corrected chi connectivity index (χ2v) is 7.75. The Bertz CT molecular complexity index is 195. The Kier molecular flexibility index (Phi) is 2.78. The van der Waals surface area contributed by atoms with E-state index in [0.717, 1.165) is 0 Å². The largest absolute Gasteiger partial charge is 0.387 e. The molecule has 1 N–H and O–H groups in total. The molecule has 0 radical (unpaired) electrons. The standard InChI is InChI=1S/C10H20OS2/c1-7(2)13-10(12-6)8(3,4)9(10,5)11/h7,11H,1-6H3. The van der Waals surface area contributed by atoms with Crippen molar-refractivity contribution in [1.29, 1.82) is 0 Å². The Morgan fingerprint density at radius 2 is 1.54 bits per heavy atom. The molecule has 13 heavy (non-hydrogen) atoms. The van der Waals surface area contributed by atoms with E-state index in [1.165, 1.54) is 0 Å². The molecule has 0 aromatic heterocycles. The lowest BCUT2D eigenvalue weighted by atomic mass is 10.1. The molecule has 0 heterocycles. The molecule has 1 rings (SSSR count). The summed E-state index contributed by atoms with van der Waals surface area (Å²) < 4.78 is -0.00579. The summed E-state index contributed by atoms with van der Waals surface area (Å²) in [5.74, 6) is 0. The molecule has 2 unspecified atom stereocenters. The third kappa shape index (κ3) is 1.27. The zero-order valence-corrected chi connectivity index (χ0v) is 11.0. The minimum absolute atomic E-state index is 0.00579. The molecule has 0 aromatic carbocycles. The quantitative estimate of drug-likeness (QED) is 0.738. The lowest BCUT2D eigenvalue weighted by molar-refractivity contribution is 0.129. The Balaban J connectivity index is 2.87. The second-order valence-electron chi connectivity index (χ2n) is 4.68. The topological polar surface area (TPSA) is 20.2 Å². The van der Waals surface area contributed by atoms with Gasteiger partial charge in [-0.05, 0) is 13.2 Å². The van der Waals surface area contributed by atoms with Crippen LogP contribution >= 0.6 is 23.5 Å². The van der Waals surface area contributed by atoms with E-state index < -0.39 is 5.60 Å². The Labute approximate surface area is 90.1 Å². The number of hydrogen-bond donors (Lipinski definition) is 1. The maximum absolute atomic E-state index is 10.3. The maximum Gasteiger partial charge on any atom is 0.0978 e. The van der Waals surface area contributed by atoms with Crippen molar-refractivity contribution in [3.8, 4) is 0 Å². The Hall–Kier alpha value is 0.660. The van der Waals surface area contributed by atoms with Crippen LogP contribution in [-0.4, -0.2) is 26.3 Å². The number of hydrogen-bond acceptors (Lipinski definition) is 3. The molecule has 1 aliphatic carbocycles. The summed E-state index contributed by atoms with van der Waals surface area (Å²) in [6.45, 7) is 10.6. The highest BCUT2D eigenvalue weighted by Gasteiger charge is 2.80. The van der Waals surface area contributed by atoms with Gasteiger partial charge in [-0.25, -0.2) is 0 Å². The summed E-state index contributed by atoms with van der Waals surface area (Å²) in [6.07, 6.45) is 2.10. The van der Waals surface area contributed by atoms with E-state index in [0.29, 0.717) is 5.25 Å². The average Bonchev–Trinajstić information content (AvgIpc) is 2.28. The molecule has 0 amide bonds. The van der Waals surface area contributed by atoms with Crippen LogP contribution in [0.5, 0.6) is 0 Å². The van der Waals surface area contributed by atoms with Gasteiger partial charge in [0, 0.05) is 10.7 Å². The molecular weight excluding hydrogens is 200 g/mol. The highest BCUT2D eigenvalue weighted by atomic mass is 32.2. The predicted octanol–water partition coefficient (Wildman–Crippen LogP) is 2.98. The molecule has 0 spiro atoms. The van der Waals surface area contributed by atoms with Crippen molar-refractivity contribution in [3.63, 3.8) is 0 Å². The van der Waals surface area contributed by atoms with Crippen molar-refractivity contribution in [2.45, 2.75) is 49.5 Å². The van der Waals surface area contributed by atoms with Gasteiger partial charge in [-0.3, -0.25) is 0 Å². The third-order valence-corrected chi connectivity index (χ3v) is 7.29. The van der Waals surface area contributed by atoms with Gasteiger partial charge in [0.2, 0.25) is 0 Å². The molecule has 0 saturated heterocycles. The van der Waals surface area contributed by atoms with Crippen molar-refractivity contribution >= 4 is 23.5 Å². The van der Waals surface area contributed by atoms with Crippen LogP contribution < -0.4 is 0 Å². The first-order valence-electron chi connectivity index (χ1n) is 4.68. The van der Waals surface area contributed by atoms with Crippen LogP contribution in [0.15, 0.2) is 0 Å². The van der Waals surface area contributed by atoms with Crippen LogP contribution in [0, 0.1) is 5.41 Å². The van der Waals surface area contributed by atoms with Crippen molar-refractivity contribution in [3.05, 3.63) is 0 Å². The maximum atomic E-state index is 10.3. The third-order valence-electron chi connectivity index (χ3n) is 3.31. The van der Waals surface area contributed by atoms with Gasteiger partial charge < -0.3 is 5.11 Å². The molecule has 0 aliphatic heterocycles. The summed E-state index contributed by atoms with van der Waals surface area (Å²) in [5.41, 5.74) is -0.511. The average molecular weight is 220 g/mol. The van der Waals surface area contributed by atoms with Gasteiger partial charge in [-0.15, -0.1) is 23.5 Å². The van der Waals surface area contributed by atoms with Gasteiger partial charge in [0.05, 0.1) is 9.68 Å². The van der Waals surface area contributed by atoms with Gasteiger partial charge in [-0.2, -0.15) is 0 Å². The lowest BCUT2D eigenvalue weighted by Crippen LogP contribution is -2.17. The predicted molar refractivity (Wildman–Crippen MR) is 63.4 cm³/mol. The summed E-state index contributed by atoms with van der Waals surface area (Å²) in [4.78, 5) is 0. The monoisotopic (exact) mass is 220 g/mol. The zero-order valence-electron chi connectivity index (χ0n) is 9.34. The van der Waals surface area contributed by atoms with Crippen LogP contribution in [0.2, 0.25) is 0 Å². The summed E-state index contributed by atoms with van der Waals surface area (Å²) in [5, 5.41) is 10.8. The van der Waals surface area contributed by atoms with Gasteiger partial charge in [0.25, 0.3) is 0 Å². The molecular formula is C10H20OS2. The smallest absolute Gasteiger partial charge is 0.0978 e. The Morgan fingerprint density at radius 1 is 1.15 bits per heavy atom. The fraction of sp³-hybridized carbons (Fsp3) is 1.00. The SMILES string of the molecule is CSC1(SC(C)C)C(C)(C)C1(C)O. The fourth-order valence-electron chi connectivity index (χ4n) is 2.08. The molecule has 78 valence electrons. The Morgan fingerprint density at radius 3 is 1.62 bits per heavy atom. The van der Waals surface area contributed by atoms with E-state index in [-0.39, 0.29) is 9.49 Å². The van der Waals surface area contributed by atoms with E-state index in [2.05, 4.69) is 34.0 Å². The number of aliphatic hydroxyl groups is 1. The van der Waals surface area contributed by atoms with Crippen LogP contribution in [0.25, 0.3) is 0 Å². The molecule has 0 aromatic rings. The van der Waals surface area contributed by atoms with Gasteiger partial charge in [0.1, 0.15) is 0 Å². The van der Waals surface area contributed by atoms with Crippen LogP contribution in [0.4, 0.5) is 0 Å². The first-order chi connectivity index (χ1) is 5.73. The summed E-state index contributed by atoms with van der Waals surface area (Å²) in [7, 11) is 0. The normalized spacial score (nSPS) is 42.5. The van der Waals surface area contributed by atoms with Gasteiger partial charge in [0.15, 0.2) is 0 Å². The minimum Gasteiger partial charge on any atom is -0.387 e. The van der Waals surface area contributed by atoms with Crippen LogP contribution in [0.1, 0.15) is 34.6 Å². The van der Waals surface area contributed by atoms with Gasteiger partial charge in [-0.1, -0.05) is 27.7 Å². The minimum atomic E-state index is -0.533. The first-order valence-corrected chi connectivity index (χ1v) is 6.78. The number of rotatable bonds is 3. The van der Waals surface area contributed by atoms with E-state index >= 15 is 0 Å². The van der Waals surface area contributed by atoms with E-state index in [9.17, 15) is 5.11 Å². The zero-order chi connectivity index (χ0) is 10.5. The first kappa shape index (κ1) is 11.7. The second kappa shape index (κ2) is 3.07. The van der Waals surface area contributed by atoms with Crippen molar-refractivity contribution in [2.75, 3.05) is 6.26 Å². The molecule has 1 fully saturated rings. The van der Waals surface area contributed by atoms with Crippen LogP contribution in [0.3, 0.4) is 0 Å². The van der Waals surface area contributed by atoms with Gasteiger partial charge >= 0.3 is 0 Å². The van der Waals surface area contributed by atoms with Crippen molar-refractivity contribution in [2.24, 2.45) is 5.41 Å². The number of thioether (sulfide) groups is 2.